The Balaban J connectivity index is 0.000000139. The van der Waals surface area contributed by atoms with Crippen LogP contribution in [0.2, 0.25) is 0 Å². The van der Waals surface area contributed by atoms with Crippen molar-refractivity contribution in [1.82, 2.24) is 0 Å². The summed E-state index contributed by atoms with van der Waals surface area (Å²) in [6.45, 7) is 49.3. The summed E-state index contributed by atoms with van der Waals surface area (Å²) in [4.78, 5) is 101. The fourth-order valence-corrected chi connectivity index (χ4v) is 27.7. The monoisotopic (exact) mass is 1500 g/mol. The van der Waals surface area contributed by atoms with E-state index in [-0.39, 0.29) is 110 Å². The van der Waals surface area contributed by atoms with Crippen LogP contribution in [0.4, 0.5) is 0 Å². The first-order valence-corrected chi connectivity index (χ1v) is 42.4. The average molecular weight is 1510 g/mol. The van der Waals surface area contributed by atoms with Gasteiger partial charge < -0.3 is 14.2 Å². The van der Waals surface area contributed by atoms with E-state index in [0.717, 1.165) is 159 Å². The molecule has 0 heterocycles. The SMILES string of the molecule is CC(=O)OC1=C(C)C2=CC=C3[C@@](C)(CC[C@@]4(C)[C@@H]5C[C@](C)(C(C)=O)CC[C@]5(C)CC[C@]34C)C2=CC1=O.CC(=O)[C@]1(C)CC[C@]2(C)CC[C@]3(C)C4=CC=C5C(=CC(=O)C(OC=O)=C5C)[C@]4(C)CC[C@@]3(C)[C@@H]2C1.CC(=O)[C@]1(C)CC[C@]2(C)CC[C@]3(C)C4=CC=C5C(=CC(=O)C(OCc6ccccc6)=C5C)[C@]4(C)CC[C@@]3(C)[C@@H]2C1. The Kier molecular flexibility index (Phi) is 19.2. The van der Waals surface area contributed by atoms with Crippen molar-refractivity contribution < 1.29 is 52.6 Å². The van der Waals surface area contributed by atoms with Crippen molar-refractivity contribution in [2.75, 3.05) is 0 Å². The van der Waals surface area contributed by atoms with Gasteiger partial charge in [0, 0.05) is 56.1 Å². The summed E-state index contributed by atoms with van der Waals surface area (Å²) in [5, 5.41) is 0. The molecule has 0 spiro atoms. The van der Waals surface area contributed by atoms with Crippen LogP contribution in [0.15, 0.2) is 169 Å². The predicted octanol–water partition coefficient (Wildman–Crippen LogP) is 22.9. The third-order valence-electron chi connectivity index (χ3n) is 36.7. The van der Waals surface area contributed by atoms with Crippen LogP contribution in [0.3, 0.4) is 0 Å². The quantitative estimate of drug-likeness (QED) is 0.171. The molecule has 0 saturated heterocycles. The van der Waals surface area contributed by atoms with E-state index < -0.39 is 5.97 Å². The lowest BCUT2D eigenvalue weighted by Crippen LogP contribution is -2.62. The Morgan fingerprint density at radius 2 is 0.694 bits per heavy atom. The van der Waals surface area contributed by atoms with Gasteiger partial charge in [-0.1, -0.05) is 187 Å². The third-order valence-corrected chi connectivity index (χ3v) is 36.7. The highest BCUT2D eigenvalue weighted by Gasteiger charge is 2.71. The molecule has 1 aromatic carbocycles. The van der Waals surface area contributed by atoms with Crippen LogP contribution >= 0.6 is 0 Å². The molecule has 16 rings (SSSR count). The number of Topliss-reactive ketones (excluding diaryl/α,β-unsaturated/α-hetero) is 3. The maximum atomic E-state index is 13.6. The molecule has 111 heavy (non-hydrogen) atoms. The fraction of sp³-hybridized carbons (Fsp3) is 0.620. The van der Waals surface area contributed by atoms with E-state index in [1.807, 2.05) is 57.2 Å². The van der Waals surface area contributed by atoms with E-state index in [4.69, 9.17) is 14.2 Å². The number of ketones is 6. The minimum Gasteiger partial charge on any atom is -0.485 e. The van der Waals surface area contributed by atoms with E-state index in [0.29, 0.717) is 53.9 Å². The van der Waals surface area contributed by atoms with Gasteiger partial charge in [0.05, 0.1) is 0 Å². The predicted molar refractivity (Wildman–Crippen MR) is 437 cm³/mol. The first kappa shape index (κ1) is 80.5. The highest BCUT2D eigenvalue weighted by atomic mass is 16.5. The fourth-order valence-electron chi connectivity index (χ4n) is 27.7. The zero-order valence-electron chi connectivity index (χ0n) is 71.4. The molecule has 594 valence electrons. The van der Waals surface area contributed by atoms with Gasteiger partial charge in [-0.05, 0) is 300 Å². The van der Waals surface area contributed by atoms with Gasteiger partial charge in [0.1, 0.15) is 24.0 Å². The van der Waals surface area contributed by atoms with E-state index in [1.54, 1.807) is 32.9 Å². The highest BCUT2D eigenvalue weighted by Crippen LogP contribution is 2.80. The first-order chi connectivity index (χ1) is 51.6. The number of carbonyl (C=O) groups is 8. The molecule has 0 radical (unpaired) electrons. The third kappa shape index (κ3) is 11.6. The van der Waals surface area contributed by atoms with Crippen LogP contribution in [0.5, 0.6) is 0 Å². The Morgan fingerprint density at radius 1 is 0.387 bits per heavy atom. The van der Waals surface area contributed by atoms with Gasteiger partial charge in [0.2, 0.25) is 17.3 Å². The number of benzene rings is 1. The molecule has 0 aromatic heterocycles. The van der Waals surface area contributed by atoms with Crippen LogP contribution in [0.1, 0.15) is 293 Å². The standard InChI is InChI=1S/C37H46O3.C32H42O4.C31H40O4/c1-24-27-13-14-30-35(5,28(27)21-29(39)32(24)40-23-26-11-9-8-10-12-26)18-20-37(7)31-22-34(4,25(2)38)16-15-33(31,3)17-19-36(30,37)6;1-19-22-9-10-25-30(6,23(22)17-24(35)27(19)36-21(3)34)14-16-32(8)26-18-29(5,20(2)33)12-11-28(26,4)13-15-31(25,32)7;1-19-21-8-9-24-29(5,22(21)16-23(34)26(19)35-18-32)13-15-31(7)25-17-28(4,20(2)33)11-10-27(25,3)12-14-30(24,31)6/h8-14,21,31H,15-20,22-23H2,1-7H3;9-10,17,26H,11-16,18H2,1-8H3;8-9,16,18,25H,10-15,17H2,1-7H3/t31-,33-,34-,35+,36-,37+;26-,28-,29-,30+,31-,32+;25-,27-,28-,29+,30-,31+/m111/s1. The van der Waals surface area contributed by atoms with Crippen molar-refractivity contribution in [2.45, 2.75) is 294 Å². The number of rotatable bonds is 9. The molecule has 0 amide bonds. The second-order valence-corrected chi connectivity index (χ2v) is 42.0. The number of hydrogen-bond acceptors (Lipinski definition) is 11. The summed E-state index contributed by atoms with van der Waals surface area (Å²) in [7, 11) is 0. The van der Waals surface area contributed by atoms with Gasteiger partial charge in [-0.15, -0.1) is 0 Å². The van der Waals surface area contributed by atoms with Crippen molar-refractivity contribution in [3.63, 3.8) is 0 Å². The molecule has 9 saturated carbocycles. The van der Waals surface area contributed by atoms with E-state index >= 15 is 0 Å². The van der Waals surface area contributed by atoms with Crippen LogP contribution < -0.4 is 0 Å². The number of fused-ring (bicyclic) bond motifs is 21. The molecule has 1 aromatic rings. The second-order valence-electron chi connectivity index (χ2n) is 42.0. The van der Waals surface area contributed by atoms with Gasteiger partial charge in [0.25, 0.3) is 6.47 Å². The van der Waals surface area contributed by atoms with Crippen molar-refractivity contribution >= 4 is 47.1 Å². The Hall–Kier alpha value is -7.14. The molecule has 0 bridgehead atoms. The lowest BCUT2D eigenvalue weighted by Gasteiger charge is -2.70. The Morgan fingerprint density at radius 3 is 1.02 bits per heavy atom. The van der Waals surface area contributed by atoms with E-state index in [2.05, 4.69) is 140 Å². The molecule has 15 aliphatic carbocycles. The number of allylic oxidation sites excluding steroid dienone is 21. The minimum atomic E-state index is -0.468. The van der Waals surface area contributed by atoms with Crippen LogP contribution in [-0.4, -0.2) is 47.1 Å². The van der Waals surface area contributed by atoms with E-state index in [1.165, 1.54) is 54.9 Å². The number of carbonyl (C=O) groups excluding carboxylic acids is 8. The zero-order chi connectivity index (χ0) is 80.8. The van der Waals surface area contributed by atoms with Crippen molar-refractivity contribution in [2.24, 2.45) is 99.0 Å². The van der Waals surface area contributed by atoms with Gasteiger partial charge in [-0.2, -0.15) is 0 Å². The van der Waals surface area contributed by atoms with Crippen LogP contribution in [0.25, 0.3) is 0 Å². The van der Waals surface area contributed by atoms with Gasteiger partial charge in [-0.3, -0.25) is 38.4 Å². The zero-order valence-corrected chi connectivity index (χ0v) is 71.4. The molecule has 9 fully saturated rings. The molecule has 0 N–H and O–H groups in total. The molecular weight excluding hydrogens is 1380 g/mol. The molecule has 18 atom stereocenters. The molecule has 15 aliphatic rings. The van der Waals surface area contributed by atoms with E-state index in [9.17, 15) is 38.4 Å². The normalized spacial score (nSPS) is 42.8. The molecule has 11 heteroatoms. The van der Waals surface area contributed by atoms with Crippen LogP contribution in [0, 0.1) is 99.0 Å². The summed E-state index contributed by atoms with van der Waals surface area (Å²) in [6.07, 6.45) is 41.6. The Bertz CT molecular complexity index is 4710. The number of hydrogen-bond donors (Lipinski definition) is 0. The van der Waals surface area contributed by atoms with Gasteiger partial charge in [-0.25, -0.2) is 0 Å². The summed E-state index contributed by atoms with van der Waals surface area (Å²) in [5.74, 6) is 2.38. The average Bonchev–Trinajstić information content (AvgIpc) is 0.686. The van der Waals surface area contributed by atoms with Crippen molar-refractivity contribution in [1.29, 1.82) is 0 Å². The largest absolute Gasteiger partial charge is 0.485 e. The Labute approximate surface area is 663 Å². The molecular formula is C100H128O11. The smallest absolute Gasteiger partial charge is 0.308 e. The number of ether oxygens (including phenoxy) is 3. The van der Waals surface area contributed by atoms with Gasteiger partial charge >= 0.3 is 5.97 Å². The maximum absolute atomic E-state index is 13.6. The molecule has 0 unspecified atom stereocenters. The lowest BCUT2D eigenvalue weighted by molar-refractivity contribution is -0.167. The molecule has 0 aliphatic heterocycles. The topological polar surface area (TPSA) is 164 Å². The van der Waals surface area contributed by atoms with Crippen LogP contribution in [-0.2, 0) is 59.2 Å². The van der Waals surface area contributed by atoms with Crippen molar-refractivity contribution in [3.8, 4) is 0 Å². The lowest BCUT2D eigenvalue weighted by atomic mass is 9.34. The van der Waals surface area contributed by atoms with Gasteiger partial charge in [0.15, 0.2) is 17.3 Å². The highest BCUT2D eigenvalue weighted by molar-refractivity contribution is 6.09. The first-order valence-electron chi connectivity index (χ1n) is 42.4. The second kappa shape index (κ2) is 26.5. The summed E-state index contributed by atoms with van der Waals surface area (Å²) in [6, 6.07) is 10.0. The summed E-state index contributed by atoms with van der Waals surface area (Å²) in [5.41, 5.74) is 14.2. The van der Waals surface area contributed by atoms with Crippen molar-refractivity contribution in [3.05, 3.63) is 175 Å². The minimum absolute atomic E-state index is 0.0116. The summed E-state index contributed by atoms with van der Waals surface area (Å²) < 4.78 is 16.5. The molecule has 11 nitrogen and oxygen atoms in total. The summed E-state index contributed by atoms with van der Waals surface area (Å²) >= 11 is 0. The maximum Gasteiger partial charge on any atom is 0.308 e. The number of esters is 1.